The number of benzene rings is 1. The Hall–Kier alpha value is -1.90. The maximum absolute atomic E-state index is 14.8. The second-order valence-corrected chi connectivity index (χ2v) is 7.21. The summed E-state index contributed by atoms with van der Waals surface area (Å²) >= 11 is 0. The van der Waals surface area contributed by atoms with Crippen molar-refractivity contribution in [1.29, 1.82) is 0 Å². The van der Waals surface area contributed by atoms with Crippen LogP contribution in [-0.2, 0) is 10.5 Å². The molecule has 0 fully saturated rings. The molecule has 0 heterocycles. The van der Waals surface area contributed by atoms with Crippen molar-refractivity contribution in [1.82, 2.24) is 5.32 Å². The Labute approximate surface area is 168 Å². The van der Waals surface area contributed by atoms with Crippen LogP contribution in [0.5, 0.6) is 0 Å². The van der Waals surface area contributed by atoms with E-state index in [2.05, 4.69) is 24.1 Å². The highest BCUT2D eigenvalue weighted by Crippen LogP contribution is 2.26. The molecule has 156 valence electrons. The van der Waals surface area contributed by atoms with Crippen LogP contribution in [0.4, 0.5) is 4.39 Å². The minimum Gasteiger partial charge on any atom is -0.396 e. The molecule has 1 atom stereocenters. The Morgan fingerprint density at radius 2 is 1.79 bits per heavy atom. The van der Waals surface area contributed by atoms with Gasteiger partial charge in [0.2, 0.25) is 5.91 Å². The number of hydrogen-bond acceptors (Lipinski definition) is 3. The van der Waals surface area contributed by atoms with Gasteiger partial charge in [0.25, 0.3) is 0 Å². The molecule has 1 rings (SSSR count). The first-order valence-corrected chi connectivity index (χ1v) is 10.3. The molecule has 1 amide bonds. The second kappa shape index (κ2) is 13.3. The summed E-state index contributed by atoms with van der Waals surface area (Å²) in [5, 5.41) is 22.1. The molecule has 0 spiro atoms. The number of unbranched alkanes of at least 4 members (excludes halogenated alkanes) is 8. The van der Waals surface area contributed by atoms with E-state index in [4.69, 9.17) is 0 Å². The van der Waals surface area contributed by atoms with Crippen LogP contribution in [-0.4, -0.2) is 22.7 Å². The lowest BCUT2D eigenvalue weighted by molar-refractivity contribution is -0.128. The lowest BCUT2D eigenvalue weighted by Gasteiger charge is -2.29. The van der Waals surface area contributed by atoms with Crippen LogP contribution in [0.25, 0.3) is 0 Å². The van der Waals surface area contributed by atoms with E-state index in [9.17, 15) is 19.4 Å². The van der Waals surface area contributed by atoms with Crippen molar-refractivity contribution >= 4 is 5.91 Å². The maximum atomic E-state index is 14.8. The summed E-state index contributed by atoms with van der Waals surface area (Å²) in [6.45, 7) is 3.04. The first-order valence-electron chi connectivity index (χ1n) is 10.3. The lowest BCUT2D eigenvalue weighted by atomic mass is 9.96. The van der Waals surface area contributed by atoms with Gasteiger partial charge in [-0.05, 0) is 12.5 Å². The van der Waals surface area contributed by atoms with Gasteiger partial charge < -0.3 is 15.5 Å². The minimum absolute atomic E-state index is 0.0874. The summed E-state index contributed by atoms with van der Waals surface area (Å²) in [5.74, 6) is 4.64. The Morgan fingerprint density at radius 1 is 1.14 bits per heavy atom. The summed E-state index contributed by atoms with van der Waals surface area (Å²) in [4.78, 5) is 11.4. The van der Waals surface area contributed by atoms with Crippen LogP contribution < -0.4 is 5.32 Å². The number of amides is 1. The number of halogens is 1. The number of carbonyl (C=O) groups is 1. The predicted molar refractivity (Wildman–Crippen MR) is 110 cm³/mol. The summed E-state index contributed by atoms with van der Waals surface area (Å²) in [6.07, 6.45) is 10.3. The largest absolute Gasteiger partial charge is 0.396 e. The molecule has 1 unspecified atom stereocenters. The predicted octanol–water partition coefficient (Wildman–Crippen LogP) is 4.37. The zero-order chi connectivity index (χ0) is 20.8. The van der Waals surface area contributed by atoms with Gasteiger partial charge in [-0.15, -0.1) is 0 Å². The van der Waals surface area contributed by atoms with Crippen LogP contribution in [0, 0.1) is 17.7 Å². The number of carbonyl (C=O) groups excluding carboxylic acids is 1. The van der Waals surface area contributed by atoms with E-state index in [0.717, 1.165) is 12.8 Å². The Bertz CT molecular complexity index is 666. The molecule has 0 aliphatic carbocycles. The van der Waals surface area contributed by atoms with Crippen molar-refractivity contribution < 1.29 is 19.4 Å². The van der Waals surface area contributed by atoms with Crippen molar-refractivity contribution in [2.24, 2.45) is 0 Å². The fourth-order valence-corrected chi connectivity index (χ4v) is 3.17. The van der Waals surface area contributed by atoms with Crippen LogP contribution in [0.1, 0.15) is 89.2 Å². The highest BCUT2D eigenvalue weighted by molar-refractivity contribution is 5.73. The Kier molecular flexibility index (Phi) is 11.5. The van der Waals surface area contributed by atoms with Gasteiger partial charge in [0.15, 0.2) is 5.72 Å². The monoisotopic (exact) mass is 391 g/mol. The second-order valence-electron chi connectivity index (χ2n) is 7.21. The van der Waals surface area contributed by atoms with Crippen LogP contribution in [0.3, 0.4) is 0 Å². The van der Waals surface area contributed by atoms with E-state index in [1.54, 1.807) is 12.1 Å². The number of nitrogens with one attached hydrogen (secondary N) is 1. The van der Waals surface area contributed by atoms with Gasteiger partial charge in [-0.1, -0.05) is 75.8 Å². The van der Waals surface area contributed by atoms with Gasteiger partial charge in [-0.3, -0.25) is 4.79 Å². The average Bonchev–Trinajstić information content (AvgIpc) is 2.64. The smallest absolute Gasteiger partial charge is 0.219 e. The third-order valence-corrected chi connectivity index (χ3v) is 4.68. The average molecular weight is 392 g/mol. The zero-order valence-electron chi connectivity index (χ0n) is 17.2. The summed E-state index contributed by atoms with van der Waals surface area (Å²) in [6, 6.07) is 4.53. The number of aliphatic hydroxyl groups is 2. The van der Waals surface area contributed by atoms with Crippen molar-refractivity contribution in [3.8, 4) is 11.8 Å². The molecule has 0 saturated carbocycles. The fourth-order valence-electron chi connectivity index (χ4n) is 3.17. The topological polar surface area (TPSA) is 69.6 Å². The highest BCUT2D eigenvalue weighted by atomic mass is 19.1. The Balaban J connectivity index is 2.63. The maximum Gasteiger partial charge on any atom is 0.219 e. The molecule has 0 aliphatic rings. The van der Waals surface area contributed by atoms with Gasteiger partial charge in [0.05, 0.1) is 5.56 Å². The molecule has 5 heteroatoms. The van der Waals surface area contributed by atoms with Crippen LogP contribution in [0.2, 0.25) is 0 Å². The van der Waals surface area contributed by atoms with Crippen molar-refractivity contribution in [2.75, 3.05) is 6.61 Å². The fraction of sp³-hybridized carbons (Fsp3) is 0.609. The third kappa shape index (κ3) is 8.41. The van der Waals surface area contributed by atoms with Crippen molar-refractivity contribution in [3.63, 3.8) is 0 Å². The molecule has 0 saturated heterocycles. The quantitative estimate of drug-likeness (QED) is 0.281. The normalized spacial score (nSPS) is 12.8. The first-order chi connectivity index (χ1) is 13.4. The van der Waals surface area contributed by atoms with Crippen molar-refractivity contribution in [3.05, 3.63) is 35.1 Å². The van der Waals surface area contributed by atoms with Crippen molar-refractivity contribution in [2.45, 2.75) is 83.8 Å². The number of aliphatic hydroxyl groups excluding tert-OH is 1. The highest BCUT2D eigenvalue weighted by Gasteiger charge is 2.33. The molecule has 0 aliphatic heterocycles. The number of hydrogen-bond donors (Lipinski definition) is 3. The molecule has 4 nitrogen and oxygen atoms in total. The first kappa shape index (κ1) is 24.1. The van der Waals surface area contributed by atoms with E-state index in [0.29, 0.717) is 6.42 Å². The van der Waals surface area contributed by atoms with E-state index in [1.165, 1.54) is 51.5 Å². The SMILES string of the molecule is CCCCCCCCCCC#Cc1cccc(C(O)(CCO)NC(C)=O)c1F. The standard InChI is InChI=1S/C23H34FNO3/c1-3-4-5-6-7-8-9-10-11-12-14-20-15-13-16-21(22(20)24)23(28,17-18-26)25-19(2)27/h13,15-16,26,28H,3-11,17-18H2,1-2H3,(H,25,27). The Morgan fingerprint density at radius 3 is 2.39 bits per heavy atom. The molecule has 0 bridgehead atoms. The molecule has 3 N–H and O–H groups in total. The molecule has 1 aromatic carbocycles. The van der Waals surface area contributed by atoms with E-state index in [-0.39, 0.29) is 17.5 Å². The molecular formula is C23H34FNO3. The van der Waals surface area contributed by atoms with Gasteiger partial charge in [0.1, 0.15) is 5.82 Å². The summed E-state index contributed by atoms with van der Waals surface area (Å²) in [5.41, 5.74) is -1.87. The molecule has 0 radical (unpaired) electrons. The van der Waals surface area contributed by atoms with Gasteiger partial charge in [-0.25, -0.2) is 4.39 Å². The van der Waals surface area contributed by atoms with Gasteiger partial charge in [-0.2, -0.15) is 0 Å². The molecular weight excluding hydrogens is 357 g/mol. The van der Waals surface area contributed by atoms with Gasteiger partial charge in [0, 0.05) is 31.9 Å². The summed E-state index contributed by atoms with van der Waals surface area (Å²) in [7, 11) is 0. The molecule has 28 heavy (non-hydrogen) atoms. The summed E-state index contributed by atoms with van der Waals surface area (Å²) < 4.78 is 14.8. The van der Waals surface area contributed by atoms with Crippen LogP contribution in [0.15, 0.2) is 18.2 Å². The van der Waals surface area contributed by atoms with Gasteiger partial charge >= 0.3 is 0 Å². The zero-order valence-corrected chi connectivity index (χ0v) is 17.2. The number of rotatable bonds is 12. The third-order valence-electron chi connectivity index (χ3n) is 4.68. The van der Waals surface area contributed by atoms with E-state index in [1.807, 2.05) is 0 Å². The van der Waals surface area contributed by atoms with E-state index < -0.39 is 24.1 Å². The minimum atomic E-state index is -1.96. The van der Waals surface area contributed by atoms with E-state index >= 15 is 0 Å². The molecule has 1 aromatic rings. The lowest BCUT2D eigenvalue weighted by Crippen LogP contribution is -2.46. The molecule has 0 aromatic heterocycles. The van der Waals surface area contributed by atoms with Crippen LogP contribution >= 0.6 is 0 Å².